The third-order valence-corrected chi connectivity index (χ3v) is 4.25. The van der Waals surface area contributed by atoms with E-state index in [0.717, 1.165) is 22.9 Å². The summed E-state index contributed by atoms with van der Waals surface area (Å²) in [5.74, 6) is 1.46. The van der Waals surface area contributed by atoms with Crippen LogP contribution in [0.3, 0.4) is 0 Å². The Bertz CT molecular complexity index is 930. The van der Waals surface area contributed by atoms with Crippen molar-refractivity contribution in [3.05, 3.63) is 47.1 Å². The molecule has 0 fully saturated rings. The summed E-state index contributed by atoms with van der Waals surface area (Å²) in [7, 11) is 0. The summed E-state index contributed by atoms with van der Waals surface area (Å²) in [5.41, 5.74) is 1.08. The average molecular weight is 320 g/mol. The van der Waals surface area contributed by atoms with Crippen molar-refractivity contribution >= 4 is 17.4 Å². The minimum Gasteiger partial charge on any atom is -0.452 e. The lowest BCUT2D eigenvalue weighted by Gasteiger charge is -2.02. The van der Waals surface area contributed by atoms with Crippen LogP contribution in [0.2, 0.25) is 0 Å². The molecule has 3 aromatic heterocycles. The van der Waals surface area contributed by atoms with Crippen LogP contribution in [0.25, 0.3) is 28.3 Å². The first-order valence-corrected chi connectivity index (χ1v) is 7.80. The molecule has 0 aliphatic heterocycles. The third kappa shape index (κ3) is 2.94. The van der Waals surface area contributed by atoms with Crippen molar-refractivity contribution in [1.82, 2.24) is 9.55 Å². The molecule has 3 rings (SSSR count). The molecule has 0 amide bonds. The maximum atomic E-state index is 8.79. The molecule has 0 saturated heterocycles. The maximum absolute atomic E-state index is 8.79. The van der Waals surface area contributed by atoms with E-state index in [2.05, 4.69) is 16.5 Å². The summed E-state index contributed by atoms with van der Waals surface area (Å²) in [5, 5.41) is 18.3. The Morgan fingerprint density at radius 2 is 2.09 bits per heavy atom. The second kappa shape index (κ2) is 6.35. The number of rotatable bonds is 4. The Balaban J connectivity index is 1.90. The Hall–Kier alpha value is -3.09. The fourth-order valence-corrected chi connectivity index (χ4v) is 3.02. The van der Waals surface area contributed by atoms with Crippen LogP contribution < -0.4 is 0 Å². The van der Waals surface area contributed by atoms with Gasteiger partial charge in [0.2, 0.25) is 0 Å². The van der Waals surface area contributed by atoms with Crippen LogP contribution in [-0.4, -0.2) is 9.55 Å². The van der Waals surface area contributed by atoms with E-state index in [1.807, 2.05) is 42.6 Å². The maximum Gasteiger partial charge on any atom is 0.163 e. The zero-order valence-electron chi connectivity index (χ0n) is 12.4. The topological polar surface area (TPSA) is 78.5 Å². The SMILES string of the molecule is CCn1cccc1-c1ccc(-c2ncc(C=C(C#N)C#N)s2)o1. The standard InChI is InChI=1S/C17H12N4OS/c1-2-21-7-3-4-14(21)15-5-6-16(22-15)17-20-11-13(23-17)8-12(9-18)10-19/h3-8,11H,2H2,1H3. The first-order chi connectivity index (χ1) is 11.2. The van der Waals surface area contributed by atoms with Crippen molar-refractivity contribution in [3.8, 4) is 34.4 Å². The Morgan fingerprint density at radius 3 is 2.83 bits per heavy atom. The van der Waals surface area contributed by atoms with Gasteiger partial charge in [-0.1, -0.05) is 0 Å². The molecule has 0 aliphatic rings. The summed E-state index contributed by atoms with van der Waals surface area (Å²) in [6, 6.07) is 11.5. The van der Waals surface area contributed by atoms with Gasteiger partial charge in [0.1, 0.15) is 17.7 Å². The second-order valence-electron chi connectivity index (χ2n) is 4.69. The normalized spacial score (nSPS) is 10.0. The zero-order valence-corrected chi connectivity index (χ0v) is 13.2. The number of thiazole rings is 1. The minimum absolute atomic E-state index is 0.0566. The van der Waals surface area contributed by atoms with Gasteiger partial charge in [0.05, 0.1) is 5.69 Å². The number of hydrogen-bond acceptors (Lipinski definition) is 5. The number of hydrogen-bond donors (Lipinski definition) is 0. The highest BCUT2D eigenvalue weighted by atomic mass is 32.1. The fourth-order valence-electron chi connectivity index (χ4n) is 2.20. The van der Waals surface area contributed by atoms with Crippen molar-refractivity contribution in [3.63, 3.8) is 0 Å². The number of allylic oxidation sites excluding steroid dienone is 1. The van der Waals surface area contributed by atoms with Gasteiger partial charge >= 0.3 is 0 Å². The van der Waals surface area contributed by atoms with Crippen LogP contribution in [0.4, 0.5) is 0 Å². The lowest BCUT2D eigenvalue weighted by Crippen LogP contribution is -1.93. The Labute approximate surface area is 137 Å². The molecular formula is C17H12N4OS. The Morgan fingerprint density at radius 1 is 1.30 bits per heavy atom. The van der Waals surface area contributed by atoms with E-state index < -0.39 is 0 Å². The molecule has 0 aliphatic carbocycles. The van der Waals surface area contributed by atoms with Gasteiger partial charge in [0.25, 0.3) is 0 Å². The van der Waals surface area contributed by atoms with Crippen LogP contribution in [0.1, 0.15) is 11.8 Å². The van der Waals surface area contributed by atoms with Gasteiger partial charge in [-0.25, -0.2) is 4.98 Å². The summed E-state index contributed by atoms with van der Waals surface area (Å²) < 4.78 is 8.01. The van der Waals surface area contributed by atoms with Gasteiger partial charge in [0, 0.05) is 23.8 Å². The zero-order chi connectivity index (χ0) is 16.2. The number of aromatic nitrogens is 2. The predicted octanol–water partition coefficient (Wildman–Crippen LogP) is 4.32. The molecule has 0 aromatic carbocycles. The highest BCUT2D eigenvalue weighted by Gasteiger charge is 2.12. The number of nitrogens with zero attached hydrogens (tertiary/aromatic N) is 4. The molecule has 0 radical (unpaired) electrons. The van der Waals surface area contributed by atoms with Crippen molar-refractivity contribution in [2.75, 3.05) is 0 Å². The van der Waals surface area contributed by atoms with Crippen molar-refractivity contribution < 1.29 is 4.42 Å². The average Bonchev–Trinajstić information content (AvgIpc) is 3.30. The van der Waals surface area contributed by atoms with E-state index in [-0.39, 0.29) is 5.57 Å². The number of furan rings is 1. The predicted molar refractivity (Wildman–Crippen MR) is 88.1 cm³/mol. The molecule has 6 heteroatoms. The molecule has 112 valence electrons. The lowest BCUT2D eigenvalue weighted by molar-refractivity contribution is 0.587. The second-order valence-corrected chi connectivity index (χ2v) is 5.75. The molecule has 3 aromatic rings. The largest absolute Gasteiger partial charge is 0.452 e. The molecular weight excluding hydrogens is 308 g/mol. The quantitative estimate of drug-likeness (QED) is 0.670. The van der Waals surface area contributed by atoms with Gasteiger partial charge < -0.3 is 8.98 Å². The van der Waals surface area contributed by atoms with Gasteiger partial charge in [-0.2, -0.15) is 10.5 Å². The molecule has 0 saturated carbocycles. The molecule has 0 bridgehead atoms. The summed E-state index contributed by atoms with van der Waals surface area (Å²) >= 11 is 1.38. The van der Waals surface area contributed by atoms with Gasteiger partial charge in [-0.15, -0.1) is 11.3 Å². The summed E-state index contributed by atoms with van der Waals surface area (Å²) in [6.07, 6.45) is 5.16. The molecule has 3 heterocycles. The molecule has 0 spiro atoms. The van der Waals surface area contributed by atoms with Crippen molar-refractivity contribution in [1.29, 1.82) is 10.5 Å². The first kappa shape index (κ1) is 14.8. The van der Waals surface area contributed by atoms with E-state index in [4.69, 9.17) is 14.9 Å². The van der Waals surface area contributed by atoms with Crippen LogP contribution >= 0.6 is 11.3 Å². The third-order valence-electron chi connectivity index (χ3n) is 3.29. The summed E-state index contributed by atoms with van der Waals surface area (Å²) in [4.78, 5) is 5.04. The van der Waals surface area contributed by atoms with E-state index in [1.165, 1.54) is 17.4 Å². The Kier molecular flexibility index (Phi) is 4.09. The first-order valence-electron chi connectivity index (χ1n) is 6.98. The van der Waals surface area contributed by atoms with Crippen LogP contribution in [0.15, 0.2) is 46.6 Å². The molecule has 0 unspecified atom stereocenters. The molecule has 5 nitrogen and oxygen atoms in total. The van der Waals surface area contributed by atoms with Crippen molar-refractivity contribution in [2.24, 2.45) is 0 Å². The van der Waals surface area contributed by atoms with Gasteiger partial charge in [-0.05, 0) is 37.3 Å². The van der Waals surface area contributed by atoms with Crippen LogP contribution in [0.5, 0.6) is 0 Å². The van der Waals surface area contributed by atoms with E-state index in [1.54, 1.807) is 6.20 Å². The number of nitriles is 2. The van der Waals surface area contributed by atoms with Gasteiger partial charge in [0.15, 0.2) is 16.5 Å². The lowest BCUT2D eigenvalue weighted by atomic mass is 10.3. The molecule has 23 heavy (non-hydrogen) atoms. The van der Waals surface area contributed by atoms with E-state index in [9.17, 15) is 0 Å². The van der Waals surface area contributed by atoms with E-state index in [0.29, 0.717) is 10.8 Å². The minimum atomic E-state index is 0.0566. The summed E-state index contributed by atoms with van der Waals surface area (Å²) in [6.45, 7) is 2.95. The highest BCUT2D eigenvalue weighted by molar-refractivity contribution is 7.15. The van der Waals surface area contributed by atoms with Crippen molar-refractivity contribution in [2.45, 2.75) is 13.5 Å². The fraction of sp³-hybridized carbons (Fsp3) is 0.118. The monoisotopic (exact) mass is 320 g/mol. The molecule has 0 atom stereocenters. The van der Waals surface area contributed by atoms with Crippen LogP contribution in [-0.2, 0) is 6.54 Å². The van der Waals surface area contributed by atoms with Crippen LogP contribution in [0, 0.1) is 22.7 Å². The number of aryl methyl sites for hydroxylation is 1. The smallest absolute Gasteiger partial charge is 0.163 e. The van der Waals surface area contributed by atoms with Gasteiger partial charge in [-0.3, -0.25) is 0 Å². The van der Waals surface area contributed by atoms with E-state index >= 15 is 0 Å². The highest BCUT2D eigenvalue weighted by Crippen LogP contribution is 2.31. The molecule has 0 N–H and O–H groups in total.